The van der Waals surface area contributed by atoms with Crippen molar-refractivity contribution in [1.82, 2.24) is 5.32 Å². The first kappa shape index (κ1) is 16.7. The minimum Gasteiger partial charge on any atom is -0.467 e. The van der Waals surface area contributed by atoms with Crippen LogP contribution in [-0.2, 0) is 14.3 Å². The Hall–Kier alpha value is -1.32. The van der Waals surface area contributed by atoms with Gasteiger partial charge in [-0.05, 0) is 25.7 Å². The van der Waals surface area contributed by atoms with E-state index < -0.39 is 12.0 Å². The molecule has 1 N–H and O–H groups in total. The molecule has 4 nitrogen and oxygen atoms in total. The third kappa shape index (κ3) is 6.42. The van der Waals surface area contributed by atoms with Gasteiger partial charge in [0.15, 0.2) is 0 Å². The maximum Gasteiger partial charge on any atom is 0.328 e. The summed E-state index contributed by atoms with van der Waals surface area (Å²) < 4.78 is 4.67. The van der Waals surface area contributed by atoms with E-state index in [0.29, 0.717) is 0 Å². The zero-order valence-electron chi connectivity index (χ0n) is 12.1. The number of hydrogen-bond acceptors (Lipinski definition) is 3. The minimum atomic E-state index is -0.585. The number of carbonyl (C=O) groups excluding carboxylic acids is 2. The molecule has 0 saturated heterocycles. The molecule has 0 bridgehead atoms. The Morgan fingerprint density at radius 1 is 1.33 bits per heavy atom. The number of ether oxygens (including phenoxy) is 1. The highest BCUT2D eigenvalue weighted by molar-refractivity contribution is 5.92. The third-order valence-corrected chi connectivity index (χ3v) is 2.72. The van der Waals surface area contributed by atoms with Crippen molar-refractivity contribution in [3.8, 4) is 0 Å². The summed E-state index contributed by atoms with van der Waals surface area (Å²) in [6, 6.07) is -0.585. The van der Waals surface area contributed by atoms with Crippen LogP contribution in [0.5, 0.6) is 0 Å². The van der Waals surface area contributed by atoms with E-state index in [1.54, 1.807) is 6.08 Å². The number of rotatable bonds is 7. The van der Waals surface area contributed by atoms with Gasteiger partial charge in [0.1, 0.15) is 6.04 Å². The quantitative estimate of drug-likeness (QED) is 0.561. The van der Waals surface area contributed by atoms with Gasteiger partial charge in [-0.15, -0.1) is 0 Å². The summed E-state index contributed by atoms with van der Waals surface area (Å²) in [5.74, 6) is -0.628. The van der Waals surface area contributed by atoms with E-state index in [4.69, 9.17) is 0 Å². The van der Waals surface area contributed by atoms with E-state index in [-0.39, 0.29) is 11.8 Å². The Balaban J connectivity index is 4.47. The maximum atomic E-state index is 11.8. The highest BCUT2D eigenvalue weighted by Gasteiger charge is 2.24. The van der Waals surface area contributed by atoms with Crippen LogP contribution in [0.25, 0.3) is 0 Å². The summed E-state index contributed by atoms with van der Waals surface area (Å²) in [6.07, 6.45) is 4.65. The second-order valence-electron chi connectivity index (χ2n) is 4.85. The van der Waals surface area contributed by atoms with Crippen LogP contribution in [0.3, 0.4) is 0 Å². The summed E-state index contributed by atoms with van der Waals surface area (Å²) >= 11 is 0. The van der Waals surface area contributed by atoms with Crippen LogP contribution in [0.15, 0.2) is 11.6 Å². The number of carbonyl (C=O) groups is 2. The van der Waals surface area contributed by atoms with Crippen LogP contribution in [-0.4, -0.2) is 25.0 Å². The van der Waals surface area contributed by atoms with Crippen LogP contribution in [0, 0.1) is 5.92 Å². The maximum absolute atomic E-state index is 11.8. The number of nitrogens with one attached hydrogen (secondary N) is 1. The lowest BCUT2D eigenvalue weighted by atomic mass is 10.0. The predicted octanol–water partition coefficient (Wildman–Crippen LogP) is 2.44. The average Bonchev–Trinajstić information content (AvgIpc) is 2.32. The van der Waals surface area contributed by atoms with Crippen LogP contribution in [0.1, 0.15) is 47.0 Å². The number of allylic oxidation sites excluding steroid dienone is 1. The van der Waals surface area contributed by atoms with Crippen molar-refractivity contribution in [3.63, 3.8) is 0 Å². The van der Waals surface area contributed by atoms with Gasteiger partial charge in [0.05, 0.1) is 7.11 Å². The van der Waals surface area contributed by atoms with Gasteiger partial charge in [-0.25, -0.2) is 4.79 Å². The molecule has 1 atom stereocenters. The lowest BCUT2D eigenvalue weighted by Gasteiger charge is -2.19. The fourth-order valence-electron chi connectivity index (χ4n) is 1.57. The third-order valence-electron chi connectivity index (χ3n) is 2.72. The van der Waals surface area contributed by atoms with Crippen molar-refractivity contribution in [2.45, 2.75) is 53.0 Å². The van der Waals surface area contributed by atoms with Gasteiger partial charge < -0.3 is 10.1 Å². The smallest absolute Gasteiger partial charge is 0.328 e. The zero-order valence-corrected chi connectivity index (χ0v) is 12.1. The Bertz CT molecular complexity index is 308. The molecule has 0 aromatic rings. The lowest BCUT2D eigenvalue weighted by molar-refractivity contribution is -0.145. The Morgan fingerprint density at radius 3 is 2.39 bits per heavy atom. The van der Waals surface area contributed by atoms with Crippen LogP contribution < -0.4 is 5.32 Å². The molecule has 0 fully saturated rings. The Morgan fingerprint density at radius 2 is 1.94 bits per heavy atom. The molecular weight excluding hydrogens is 230 g/mol. The van der Waals surface area contributed by atoms with Crippen LogP contribution >= 0.6 is 0 Å². The number of amides is 1. The molecule has 18 heavy (non-hydrogen) atoms. The van der Waals surface area contributed by atoms with E-state index in [1.165, 1.54) is 7.11 Å². The first-order valence-corrected chi connectivity index (χ1v) is 6.47. The molecular formula is C14H25NO3. The molecule has 0 aliphatic rings. The van der Waals surface area contributed by atoms with E-state index >= 15 is 0 Å². The van der Waals surface area contributed by atoms with Gasteiger partial charge in [-0.1, -0.05) is 32.8 Å². The van der Waals surface area contributed by atoms with Gasteiger partial charge in [0.2, 0.25) is 5.91 Å². The molecule has 0 radical (unpaired) electrons. The van der Waals surface area contributed by atoms with E-state index in [9.17, 15) is 9.59 Å². The topological polar surface area (TPSA) is 55.4 Å². The Labute approximate surface area is 110 Å². The number of unbranched alkanes of at least 4 members (excludes halogenated alkanes) is 1. The van der Waals surface area contributed by atoms with Gasteiger partial charge >= 0.3 is 5.97 Å². The van der Waals surface area contributed by atoms with Gasteiger partial charge in [0.25, 0.3) is 0 Å². The van der Waals surface area contributed by atoms with Crippen LogP contribution in [0.4, 0.5) is 0 Å². The molecule has 1 unspecified atom stereocenters. The van der Waals surface area contributed by atoms with Crippen molar-refractivity contribution < 1.29 is 14.3 Å². The highest BCUT2D eigenvalue weighted by Crippen LogP contribution is 2.07. The fourth-order valence-corrected chi connectivity index (χ4v) is 1.57. The molecule has 4 heteroatoms. The second kappa shape index (κ2) is 8.72. The standard InChI is InChI=1S/C14H25NO3/c1-6-7-8-11(4)9-12(16)15-13(10(2)3)14(17)18-5/h9-10,13H,6-8H2,1-5H3,(H,15,16)/b11-9+. The molecule has 0 aromatic heterocycles. The van der Waals surface area contributed by atoms with E-state index in [1.807, 2.05) is 20.8 Å². The largest absolute Gasteiger partial charge is 0.467 e. The normalized spacial score (nSPS) is 13.3. The minimum absolute atomic E-state index is 0.00532. The first-order chi connectivity index (χ1) is 8.42. The molecule has 0 spiro atoms. The molecule has 0 saturated carbocycles. The summed E-state index contributed by atoms with van der Waals surface area (Å²) in [5.41, 5.74) is 1.03. The molecule has 104 valence electrons. The van der Waals surface area contributed by atoms with Gasteiger partial charge in [-0.2, -0.15) is 0 Å². The molecule has 1 amide bonds. The monoisotopic (exact) mass is 255 g/mol. The average molecular weight is 255 g/mol. The molecule has 0 rings (SSSR count). The van der Waals surface area contributed by atoms with Gasteiger partial charge in [0, 0.05) is 6.08 Å². The Kier molecular flexibility index (Phi) is 8.08. The molecule has 0 aliphatic carbocycles. The molecule has 0 heterocycles. The van der Waals surface area contributed by atoms with E-state index in [2.05, 4.69) is 17.0 Å². The fraction of sp³-hybridized carbons (Fsp3) is 0.714. The van der Waals surface area contributed by atoms with Crippen molar-refractivity contribution in [1.29, 1.82) is 0 Å². The lowest BCUT2D eigenvalue weighted by Crippen LogP contribution is -2.44. The molecule has 0 aliphatic heterocycles. The zero-order chi connectivity index (χ0) is 14.1. The first-order valence-electron chi connectivity index (χ1n) is 6.47. The second-order valence-corrected chi connectivity index (χ2v) is 4.85. The predicted molar refractivity (Wildman–Crippen MR) is 72.1 cm³/mol. The van der Waals surface area contributed by atoms with Crippen LogP contribution in [0.2, 0.25) is 0 Å². The van der Waals surface area contributed by atoms with E-state index in [0.717, 1.165) is 24.8 Å². The molecule has 0 aromatic carbocycles. The van der Waals surface area contributed by atoms with Gasteiger partial charge in [-0.3, -0.25) is 4.79 Å². The highest BCUT2D eigenvalue weighted by atomic mass is 16.5. The summed E-state index contributed by atoms with van der Waals surface area (Å²) in [4.78, 5) is 23.2. The van der Waals surface area contributed by atoms with Crippen molar-refractivity contribution in [2.24, 2.45) is 5.92 Å². The summed E-state index contributed by atoms with van der Waals surface area (Å²) in [7, 11) is 1.33. The SMILES string of the molecule is CCCC/C(C)=C/C(=O)NC(C(=O)OC)C(C)C. The number of methoxy groups -OCH3 is 1. The summed E-state index contributed by atoms with van der Waals surface area (Å²) in [6.45, 7) is 7.78. The van der Waals surface area contributed by atoms with Crippen molar-refractivity contribution in [2.75, 3.05) is 7.11 Å². The summed E-state index contributed by atoms with van der Waals surface area (Å²) in [5, 5.41) is 2.68. The van der Waals surface area contributed by atoms with Crippen molar-refractivity contribution >= 4 is 11.9 Å². The number of esters is 1. The number of hydrogen-bond donors (Lipinski definition) is 1. The van der Waals surface area contributed by atoms with Crippen molar-refractivity contribution in [3.05, 3.63) is 11.6 Å².